The van der Waals surface area contributed by atoms with Gasteiger partial charge in [-0.1, -0.05) is 67.4 Å². The summed E-state index contributed by atoms with van der Waals surface area (Å²) in [6.07, 6.45) is 3.17. The zero-order chi connectivity index (χ0) is 34.2. The van der Waals surface area contributed by atoms with Crippen LogP contribution in [0.2, 0.25) is 5.02 Å². The summed E-state index contributed by atoms with van der Waals surface area (Å²) < 4.78 is 18.2. The van der Waals surface area contributed by atoms with Crippen LogP contribution >= 0.6 is 46.0 Å². The van der Waals surface area contributed by atoms with Crippen molar-refractivity contribution in [1.82, 2.24) is 4.90 Å². The van der Waals surface area contributed by atoms with Gasteiger partial charge in [0.05, 0.1) is 32.3 Å². The number of nitrogens with one attached hydrogen (secondary N) is 1. The first-order chi connectivity index (χ1) is 23.2. The maximum atomic E-state index is 13.2. The molecule has 1 aliphatic heterocycles. The second kappa shape index (κ2) is 16.4. The molecule has 1 aliphatic rings. The van der Waals surface area contributed by atoms with Crippen LogP contribution in [0.1, 0.15) is 48.2 Å². The van der Waals surface area contributed by atoms with E-state index >= 15 is 0 Å². The molecule has 4 aromatic carbocycles. The number of imide groups is 1. The summed E-state index contributed by atoms with van der Waals surface area (Å²) >= 11 is 9.08. The lowest BCUT2D eigenvalue weighted by molar-refractivity contribution is -0.127. The van der Waals surface area contributed by atoms with E-state index in [2.05, 4.69) is 46.1 Å². The molecule has 0 atom stereocenters. The second-order valence-electron chi connectivity index (χ2n) is 10.7. The van der Waals surface area contributed by atoms with Gasteiger partial charge in [0.2, 0.25) is 5.91 Å². The van der Waals surface area contributed by atoms with Crippen LogP contribution in [-0.4, -0.2) is 47.7 Å². The fourth-order valence-electron chi connectivity index (χ4n) is 4.92. The first kappa shape index (κ1) is 35.2. The highest BCUT2D eigenvalue weighted by Crippen LogP contribution is 2.38. The lowest BCUT2D eigenvalue weighted by atomic mass is 10.1. The van der Waals surface area contributed by atoms with E-state index in [4.69, 9.17) is 25.8 Å². The summed E-state index contributed by atoms with van der Waals surface area (Å²) in [5.41, 5.74) is 2.05. The SMILES string of the molecule is CCCCOC(=O)c1cc(NC(=O)CN2C(=O)S/C(=C/c3cc(I)c(OCc4cccc5ccccc45)c(OCC)c3)C2=O)ccc1Cl. The number of esters is 1. The van der Waals surface area contributed by atoms with Gasteiger partial charge in [0.15, 0.2) is 11.5 Å². The van der Waals surface area contributed by atoms with Crippen molar-refractivity contribution in [2.45, 2.75) is 33.3 Å². The van der Waals surface area contributed by atoms with E-state index in [1.807, 2.05) is 44.2 Å². The molecule has 0 saturated carbocycles. The van der Waals surface area contributed by atoms with E-state index < -0.39 is 29.6 Å². The van der Waals surface area contributed by atoms with Crippen molar-refractivity contribution in [3.63, 3.8) is 0 Å². The molecule has 1 N–H and O–H groups in total. The Bertz CT molecular complexity index is 1910. The second-order valence-corrected chi connectivity index (χ2v) is 13.3. The molecule has 0 unspecified atom stereocenters. The summed E-state index contributed by atoms with van der Waals surface area (Å²) in [5, 5.41) is 4.45. The molecule has 12 heteroatoms. The summed E-state index contributed by atoms with van der Waals surface area (Å²) in [6.45, 7) is 4.32. The van der Waals surface area contributed by atoms with Crippen LogP contribution in [0.4, 0.5) is 10.5 Å². The molecule has 0 bridgehead atoms. The minimum atomic E-state index is -0.618. The normalized spacial score (nSPS) is 13.7. The maximum Gasteiger partial charge on any atom is 0.339 e. The molecule has 248 valence electrons. The van der Waals surface area contributed by atoms with Crippen LogP contribution in [0.5, 0.6) is 11.5 Å². The summed E-state index contributed by atoms with van der Waals surface area (Å²) in [6, 6.07) is 22.2. The number of carbonyl (C=O) groups excluding carboxylic acids is 4. The van der Waals surface area contributed by atoms with Gasteiger partial charge in [0, 0.05) is 5.69 Å². The Kier molecular flexibility index (Phi) is 12.0. The van der Waals surface area contributed by atoms with Gasteiger partial charge in [-0.15, -0.1) is 0 Å². The summed E-state index contributed by atoms with van der Waals surface area (Å²) in [5.74, 6) is -0.738. The van der Waals surface area contributed by atoms with Crippen molar-refractivity contribution < 1.29 is 33.4 Å². The van der Waals surface area contributed by atoms with Gasteiger partial charge in [-0.05, 0) is 106 Å². The van der Waals surface area contributed by atoms with Crippen molar-refractivity contribution >= 4 is 91.5 Å². The standard InChI is InChI=1S/C36H32ClIN2O7S/c1-3-5-15-46-35(43)27-19-25(13-14-28(27)37)39-32(41)20-40-34(42)31(48-36(40)44)18-22-16-29(38)33(30(17-22)45-4-2)47-21-24-11-8-10-23-9-6-7-12-26(23)24/h6-14,16-19H,3-5,15,20-21H2,1-2H3,(H,39,41)/b31-18+. The van der Waals surface area contributed by atoms with Gasteiger partial charge in [0.1, 0.15) is 13.2 Å². The van der Waals surface area contributed by atoms with Crippen LogP contribution in [0, 0.1) is 3.57 Å². The number of carbonyl (C=O) groups is 4. The predicted octanol–water partition coefficient (Wildman–Crippen LogP) is 8.71. The van der Waals surface area contributed by atoms with Crippen LogP contribution in [0.15, 0.2) is 77.7 Å². The molecule has 1 saturated heterocycles. The number of halogens is 2. The lowest BCUT2D eigenvalue weighted by Gasteiger charge is -2.16. The largest absolute Gasteiger partial charge is 0.490 e. The van der Waals surface area contributed by atoms with Crippen LogP contribution in [0.3, 0.4) is 0 Å². The van der Waals surface area contributed by atoms with Crippen molar-refractivity contribution in [3.05, 3.63) is 103 Å². The molecule has 0 radical (unpaired) electrons. The number of thioether (sulfide) groups is 1. The minimum Gasteiger partial charge on any atom is -0.490 e. The van der Waals surface area contributed by atoms with E-state index in [9.17, 15) is 19.2 Å². The molecule has 4 aromatic rings. The number of benzene rings is 4. The molecule has 1 fully saturated rings. The topological polar surface area (TPSA) is 111 Å². The zero-order valence-corrected chi connectivity index (χ0v) is 29.9. The van der Waals surface area contributed by atoms with Gasteiger partial charge < -0.3 is 19.5 Å². The minimum absolute atomic E-state index is 0.103. The van der Waals surface area contributed by atoms with Gasteiger partial charge in [-0.3, -0.25) is 19.3 Å². The molecular weight excluding hydrogens is 767 g/mol. The van der Waals surface area contributed by atoms with Crippen molar-refractivity contribution in [2.75, 3.05) is 25.1 Å². The quantitative estimate of drug-likeness (QED) is 0.0619. The van der Waals surface area contributed by atoms with Gasteiger partial charge in [-0.25, -0.2) is 4.79 Å². The molecule has 9 nitrogen and oxygen atoms in total. The predicted molar refractivity (Wildman–Crippen MR) is 197 cm³/mol. The number of unbranched alkanes of at least 4 members (excludes halogenated alkanes) is 1. The van der Waals surface area contributed by atoms with Crippen molar-refractivity contribution in [2.24, 2.45) is 0 Å². The highest BCUT2D eigenvalue weighted by molar-refractivity contribution is 14.1. The van der Waals surface area contributed by atoms with E-state index in [0.717, 1.165) is 43.0 Å². The number of rotatable bonds is 13. The van der Waals surface area contributed by atoms with Crippen LogP contribution in [-0.2, 0) is 20.9 Å². The average molecular weight is 799 g/mol. The van der Waals surface area contributed by atoms with Crippen molar-refractivity contribution in [3.8, 4) is 11.5 Å². The number of anilines is 1. The Morgan fingerprint density at radius 1 is 1.00 bits per heavy atom. The number of hydrogen-bond donors (Lipinski definition) is 1. The van der Waals surface area contributed by atoms with E-state index in [0.29, 0.717) is 36.7 Å². The Labute approximate surface area is 301 Å². The zero-order valence-electron chi connectivity index (χ0n) is 26.2. The number of nitrogens with zero attached hydrogens (tertiary/aromatic N) is 1. The Morgan fingerprint density at radius 3 is 2.58 bits per heavy atom. The molecule has 5 rings (SSSR count). The molecule has 1 heterocycles. The molecular formula is C36H32ClIN2O7S. The Hall–Kier alpha value is -4.07. The molecule has 0 spiro atoms. The van der Waals surface area contributed by atoms with E-state index in [1.54, 1.807) is 12.1 Å². The third-order valence-corrected chi connectivity index (χ3v) is 9.30. The molecule has 3 amide bonds. The molecule has 48 heavy (non-hydrogen) atoms. The molecule has 0 aliphatic carbocycles. The first-order valence-corrected chi connectivity index (χ1v) is 17.5. The highest BCUT2D eigenvalue weighted by Gasteiger charge is 2.36. The molecule has 0 aromatic heterocycles. The van der Waals surface area contributed by atoms with E-state index in [-0.39, 0.29) is 27.8 Å². The third kappa shape index (κ3) is 8.50. The van der Waals surface area contributed by atoms with E-state index in [1.165, 1.54) is 18.2 Å². The number of hydrogen-bond acceptors (Lipinski definition) is 8. The van der Waals surface area contributed by atoms with Crippen molar-refractivity contribution in [1.29, 1.82) is 0 Å². The Balaban J connectivity index is 1.27. The Morgan fingerprint density at radius 2 is 1.79 bits per heavy atom. The first-order valence-electron chi connectivity index (χ1n) is 15.3. The van der Waals surface area contributed by atoms with Crippen LogP contribution < -0.4 is 14.8 Å². The third-order valence-electron chi connectivity index (χ3n) is 7.26. The fraction of sp³-hybridized carbons (Fsp3) is 0.222. The maximum absolute atomic E-state index is 13.2. The van der Waals surface area contributed by atoms with Gasteiger partial charge in [0.25, 0.3) is 11.1 Å². The lowest BCUT2D eigenvalue weighted by Crippen LogP contribution is -2.36. The number of amides is 3. The van der Waals surface area contributed by atoms with Gasteiger partial charge >= 0.3 is 5.97 Å². The average Bonchev–Trinajstić information content (AvgIpc) is 3.32. The number of ether oxygens (including phenoxy) is 3. The van der Waals surface area contributed by atoms with Gasteiger partial charge in [-0.2, -0.15) is 0 Å². The summed E-state index contributed by atoms with van der Waals surface area (Å²) in [7, 11) is 0. The summed E-state index contributed by atoms with van der Waals surface area (Å²) in [4.78, 5) is 52.4. The smallest absolute Gasteiger partial charge is 0.339 e. The highest BCUT2D eigenvalue weighted by atomic mass is 127. The van der Waals surface area contributed by atoms with Crippen LogP contribution in [0.25, 0.3) is 16.8 Å². The number of fused-ring (bicyclic) bond motifs is 1. The monoisotopic (exact) mass is 798 g/mol. The fourth-order valence-corrected chi connectivity index (χ4v) is 6.73.